The van der Waals surface area contributed by atoms with Crippen LogP contribution in [0.25, 0.3) is 10.8 Å². The van der Waals surface area contributed by atoms with Crippen LogP contribution in [0, 0.1) is 0 Å². The topological polar surface area (TPSA) is 66.4 Å². The number of nitrogens with zero attached hydrogens (tertiary/aromatic N) is 2. The maximum atomic E-state index is 11.8. The quantitative estimate of drug-likeness (QED) is 0.562. The average Bonchev–Trinajstić information content (AvgIpc) is 2.61. The number of pyridine rings is 1. The second kappa shape index (κ2) is 7.17. The Balaban J connectivity index is 1.57. The van der Waals surface area contributed by atoms with Gasteiger partial charge in [0.2, 0.25) is 0 Å². The molecule has 0 saturated carbocycles. The molecule has 0 atom stereocenters. The van der Waals surface area contributed by atoms with Gasteiger partial charge in [-0.25, -0.2) is 5.43 Å². The number of hydrazone groups is 1. The minimum Gasteiger partial charge on any atom is -0.376 e. The minimum absolute atomic E-state index is 0.151. The van der Waals surface area contributed by atoms with Gasteiger partial charge in [-0.1, -0.05) is 42.5 Å². The highest BCUT2D eigenvalue weighted by molar-refractivity contribution is 5.95. The lowest BCUT2D eigenvalue weighted by Crippen LogP contribution is -2.25. The Morgan fingerprint density at radius 1 is 1.09 bits per heavy atom. The predicted octanol–water partition coefficient (Wildman–Crippen LogP) is 2.80. The number of fused-ring (bicyclic) bond motifs is 1. The summed E-state index contributed by atoms with van der Waals surface area (Å²) < 4.78 is 0. The van der Waals surface area contributed by atoms with Crippen LogP contribution in [0.1, 0.15) is 5.56 Å². The number of nitrogens with one attached hydrogen (secondary N) is 2. The summed E-state index contributed by atoms with van der Waals surface area (Å²) in [6.45, 7) is 0.151. The molecular weight excluding hydrogens is 288 g/mol. The maximum absolute atomic E-state index is 11.8. The molecular formula is C18H16N4O. The van der Waals surface area contributed by atoms with Gasteiger partial charge in [0.1, 0.15) is 0 Å². The molecule has 1 aromatic heterocycles. The molecule has 0 saturated heterocycles. The van der Waals surface area contributed by atoms with Crippen molar-refractivity contribution in [1.82, 2.24) is 10.4 Å². The molecule has 1 heterocycles. The first-order chi connectivity index (χ1) is 11.3. The molecule has 0 fully saturated rings. The van der Waals surface area contributed by atoms with Crippen molar-refractivity contribution < 1.29 is 4.79 Å². The van der Waals surface area contributed by atoms with Gasteiger partial charge in [0.05, 0.1) is 12.8 Å². The van der Waals surface area contributed by atoms with Crippen LogP contribution >= 0.6 is 0 Å². The molecule has 5 heteroatoms. The van der Waals surface area contributed by atoms with Crippen LogP contribution in [0.5, 0.6) is 0 Å². The number of anilines is 1. The molecule has 0 aliphatic heterocycles. The largest absolute Gasteiger partial charge is 0.376 e. The van der Waals surface area contributed by atoms with Crippen molar-refractivity contribution in [1.29, 1.82) is 0 Å². The van der Waals surface area contributed by atoms with Crippen LogP contribution in [0.2, 0.25) is 0 Å². The van der Waals surface area contributed by atoms with Gasteiger partial charge in [-0.15, -0.1) is 0 Å². The summed E-state index contributed by atoms with van der Waals surface area (Å²) in [6.07, 6.45) is 4.91. The molecule has 0 radical (unpaired) electrons. The molecule has 23 heavy (non-hydrogen) atoms. The lowest BCUT2D eigenvalue weighted by atomic mass is 10.1. The molecule has 3 aromatic rings. The highest BCUT2D eigenvalue weighted by atomic mass is 16.2. The molecule has 1 amide bonds. The van der Waals surface area contributed by atoms with Gasteiger partial charge in [0.25, 0.3) is 5.91 Å². The fourth-order valence-corrected chi connectivity index (χ4v) is 2.23. The predicted molar refractivity (Wildman–Crippen MR) is 92.4 cm³/mol. The third-order valence-electron chi connectivity index (χ3n) is 3.32. The summed E-state index contributed by atoms with van der Waals surface area (Å²) in [6, 6.07) is 17.7. The molecule has 2 N–H and O–H groups in total. The molecule has 0 unspecified atom stereocenters. The van der Waals surface area contributed by atoms with Crippen molar-refractivity contribution >= 4 is 28.6 Å². The van der Waals surface area contributed by atoms with Gasteiger partial charge in [0.15, 0.2) is 0 Å². The van der Waals surface area contributed by atoms with E-state index in [1.807, 2.05) is 54.6 Å². The molecule has 0 bridgehead atoms. The van der Waals surface area contributed by atoms with E-state index in [1.165, 1.54) is 0 Å². The molecule has 0 aliphatic rings. The van der Waals surface area contributed by atoms with E-state index in [0.717, 1.165) is 22.0 Å². The zero-order valence-electron chi connectivity index (χ0n) is 12.4. The summed E-state index contributed by atoms with van der Waals surface area (Å²) in [4.78, 5) is 15.8. The van der Waals surface area contributed by atoms with E-state index in [2.05, 4.69) is 20.8 Å². The van der Waals surface area contributed by atoms with Crippen molar-refractivity contribution in [2.75, 3.05) is 11.9 Å². The summed E-state index contributed by atoms with van der Waals surface area (Å²) >= 11 is 0. The first-order valence-corrected chi connectivity index (χ1v) is 7.26. The number of amides is 1. The molecule has 5 nitrogen and oxygen atoms in total. The number of hydrogen-bond acceptors (Lipinski definition) is 4. The Morgan fingerprint density at radius 2 is 1.96 bits per heavy atom. The van der Waals surface area contributed by atoms with Crippen LogP contribution in [-0.2, 0) is 4.79 Å². The molecule has 114 valence electrons. The van der Waals surface area contributed by atoms with E-state index in [-0.39, 0.29) is 12.5 Å². The zero-order chi connectivity index (χ0) is 15.9. The summed E-state index contributed by atoms with van der Waals surface area (Å²) in [5.74, 6) is -0.210. The van der Waals surface area contributed by atoms with Gasteiger partial charge in [-0.2, -0.15) is 5.10 Å². The fourth-order valence-electron chi connectivity index (χ4n) is 2.23. The number of carbonyl (C=O) groups is 1. The molecule has 0 spiro atoms. The number of benzene rings is 2. The minimum atomic E-state index is -0.210. The van der Waals surface area contributed by atoms with Gasteiger partial charge < -0.3 is 5.32 Å². The van der Waals surface area contributed by atoms with Gasteiger partial charge >= 0.3 is 0 Å². The van der Waals surface area contributed by atoms with Crippen LogP contribution in [-0.4, -0.2) is 23.7 Å². The number of aromatic nitrogens is 1. The van der Waals surface area contributed by atoms with Crippen molar-refractivity contribution in [3.63, 3.8) is 0 Å². The molecule has 2 aromatic carbocycles. The van der Waals surface area contributed by atoms with E-state index < -0.39 is 0 Å². The van der Waals surface area contributed by atoms with Gasteiger partial charge in [-0.3, -0.25) is 9.78 Å². The third kappa shape index (κ3) is 3.91. The summed E-state index contributed by atoms with van der Waals surface area (Å²) in [5, 5.41) is 9.27. The van der Waals surface area contributed by atoms with Gasteiger partial charge in [-0.05, 0) is 17.5 Å². The highest BCUT2D eigenvalue weighted by Crippen LogP contribution is 2.22. The molecule has 0 aliphatic carbocycles. The summed E-state index contributed by atoms with van der Waals surface area (Å²) in [7, 11) is 0. The number of rotatable bonds is 5. The number of carbonyl (C=O) groups excluding carboxylic acids is 1. The lowest BCUT2D eigenvalue weighted by molar-refractivity contribution is -0.119. The van der Waals surface area contributed by atoms with E-state index in [9.17, 15) is 4.79 Å². The first-order valence-electron chi connectivity index (χ1n) is 7.26. The lowest BCUT2D eigenvalue weighted by Gasteiger charge is -2.08. The Labute approximate surface area is 134 Å². The normalized spacial score (nSPS) is 10.8. The van der Waals surface area contributed by atoms with E-state index in [0.29, 0.717) is 0 Å². The van der Waals surface area contributed by atoms with Crippen molar-refractivity contribution in [3.05, 3.63) is 72.6 Å². The van der Waals surface area contributed by atoms with Crippen LogP contribution in [0.4, 0.5) is 5.69 Å². The van der Waals surface area contributed by atoms with E-state index in [4.69, 9.17) is 0 Å². The first kappa shape index (κ1) is 14.7. The van der Waals surface area contributed by atoms with Crippen molar-refractivity contribution in [2.45, 2.75) is 0 Å². The monoisotopic (exact) mass is 304 g/mol. The van der Waals surface area contributed by atoms with Crippen LogP contribution in [0.15, 0.2) is 72.1 Å². The van der Waals surface area contributed by atoms with Crippen molar-refractivity contribution in [3.8, 4) is 0 Å². The average molecular weight is 304 g/mol. The Bertz CT molecular complexity index is 825. The maximum Gasteiger partial charge on any atom is 0.259 e. The Hall–Kier alpha value is -3.21. The second-order valence-electron chi connectivity index (χ2n) is 4.96. The second-order valence-corrected chi connectivity index (χ2v) is 4.96. The Morgan fingerprint density at radius 3 is 2.83 bits per heavy atom. The zero-order valence-corrected chi connectivity index (χ0v) is 12.4. The van der Waals surface area contributed by atoms with Crippen molar-refractivity contribution in [2.24, 2.45) is 5.10 Å². The van der Waals surface area contributed by atoms with Crippen LogP contribution in [0.3, 0.4) is 0 Å². The SMILES string of the molecule is O=C(CNc1cccc2ccccc12)NN=Cc1cccnc1. The summed E-state index contributed by atoms with van der Waals surface area (Å²) in [5.41, 5.74) is 4.24. The fraction of sp³-hybridized carbons (Fsp3) is 0.0556. The van der Waals surface area contributed by atoms with Gasteiger partial charge in [0, 0.05) is 29.0 Å². The highest BCUT2D eigenvalue weighted by Gasteiger charge is 2.02. The number of hydrogen-bond donors (Lipinski definition) is 2. The smallest absolute Gasteiger partial charge is 0.259 e. The van der Waals surface area contributed by atoms with E-state index >= 15 is 0 Å². The Kier molecular flexibility index (Phi) is 4.59. The van der Waals surface area contributed by atoms with E-state index in [1.54, 1.807) is 18.6 Å². The standard InChI is InChI=1S/C18H16N4O/c23-18(22-21-12-14-5-4-10-19-11-14)13-20-17-9-3-7-15-6-1-2-8-16(15)17/h1-12,20H,13H2,(H,22,23). The third-order valence-corrected chi connectivity index (χ3v) is 3.32. The molecule has 3 rings (SSSR count). The van der Waals surface area contributed by atoms with Crippen LogP contribution < -0.4 is 10.7 Å².